The molecule has 1 amide bonds. The molecule has 0 saturated carbocycles. The van der Waals surface area contributed by atoms with Crippen LogP contribution >= 0.6 is 12.2 Å². The zero-order valence-corrected chi connectivity index (χ0v) is 13.6. The number of aromatic nitrogens is 1. The molecule has 0 spiro atoms. The Bertz CT molecular complexity index is 447. The van der Waals surface area contributed by atoms with E-state index in [-0.39, 0.29) is 5.91 Å². The number of carbonyl (C=O) groups excluding carboxylic acids is 1. The lowest BCUT2D eigenvalue weighted by Crippen LogP contribution is -2.32. The van der Waals surface area contributed by atoms with E-state index in [1.165, 1.54) is 0 Å². The molecule has 21 heavy (non-hydrogen) atoms. The van der Waals surface area contributed by atoms with E-state index in [0.717, 1.165) is 37.9 Å². The number of nitrogens with zero attached hydrogens (tertiary/aromatic N) is 1. The van der Waals surface area contributed by atoms with Crippen LogP contribution in [0.2, 0.25) is 0 Å². The van der Waals surface area contributed by atoms with E-state index in [1.54, 1.807) is 12.3 Å². The predicted octanol–water partition coefficient (Wildman–Crippen LogP) is 1.77. The van der Waals surface area contributed by atoms with E-state index in [2.05, 4.69) is 20.9 Å². The highest BCUT2D eigenvalue weighted by molar-refractivity contribution is 7.80. The van der Waals surface area contributed by atoms with Crippen LogP contribution in [-0.4, -0.2) is 36.1 Å². The van der Waals surface area contributed by atoms with E-state index in [0.29, 0.717) is 17.2 Å². The quantitative estimate of drug-likeness (QED) is 0.504. The van der Waals surface area contributed by atoms with Gasteiger partial charge in [0.05, 0.1) is 5.56 Å². The zero-order valence-electron chi connectivity index (χ0n) is 12.7. The standard InChI is InChI=1S/C15H24N4OS/c1-12-7-8-13(11-19-12)14(20)17-9-5-3-4-6-10-18-15(21)16-2/h7-8,11H,3-6,9-10H2,1-2H3,(H,17,20)(H2,16,18,21). The minimum atomic E-state index is -0.0523. The summed E-state index contributed by atoms with van der Waals surface area (Å²) in [5.41, 5.74) is 1.53. The lowest BCUT2D eigenvalue weighted by Gasteiger charge is -2.07. The highest BCUT2D eigenvalue weighted by atomic mass is 32.1. The fraction of sp³-hybridized carbons (Fsp3) is 0.533. The molecular formula is C15H24N4OS. The molecule has 1 heterocycles. The molecule has 5 nitrogen and oxygen atoms in total. The third-order valence-corrected chi connectivity index (χ3v) is 3.42. The maximum atomic E-state index is 11.8. The van der Waals surface area contributed by atoms with Gasteiger partial charge in [0.2, 0.25) is 0 Å². The van der Waals surface area contributed by atoms with Gasteiger partial charge in [-0.1, -0.05) is 12.8 Å². The van der Waals surface area contributed by atoms with Crippen molar-refractivity contribution in [3.63, 3.8) is 0 Å². The van der Waals surface area contributed by atoms with Crippen molar-refractivity contribution >= 4 is 23.2 Å². The summed E-state index contributed by atoms with van der Waals surface area (Å²) >= 11 is 4.98. The molecule has 6 heteroatoms. The molecular weight excluding hydrogens is 284 g/mol. The van der Waals surface area contributed by atoms with E-state index >= 15 is 0 Å². The molecule has 1 aromatic heterocycles. The number of hydrogen-bond donors (Lipinski definition) is 3. The van der Waals surface area contributed by atoms with Crippen molar-refractivity contribution in [2.24, 2.45) is 0 Å². The Balaban J connectivity index is 2.02. The molecule has 0 aromatic carbocycles. The first-order valence-corrected chi connectivity index (χ1v) is 7.70. The van der Waals surface area contributed by atoms with Gasteiger partial charge in [0.15, 0.2) is 5.11 Å². The van der Waals surface area contributed by atoms with Crippen molar-refractivity contribution in [3.8, 4) is 0 Å². The molecule has 3 N–H and O–H groups in total. The Kier molecular flexibility index (Phi) is 8.35. The van der Waals surface area contributed by atoms with Crippen LogP contribution in [0.5, 0.6) is 0 Å². The largest absolute Gasteiger partial charge is 0.366 e. The van der Waals surface area contributed by atoms with E-state index in [1.807, 2.05) is 20.0 Å². The molecule has 0 fully saturated rings. The number of pyridine rings is 1. The van der Waals surface area contributed by atoms with Crippen molar-refractivity contribution < 1.29 is 4.79 Å². The second-order valence-electron chi connectivity index (χ2n) is 4.86. The highest BCUT2D eigenvalue weighted by Gasteiger charge is 2.04. The number of aryl methyl sites for hydroxylation is 1. The van der Waals surface area contributed by atoms with Crippen LogP contribution in [0.1, 0.15) is 41.7 Å². The molecule has 0 radical (unpaired) electrons. The topological polar surface area (TPSA) is 66.0 Å². The van der Waals surface area contributed by atoms with Gasteiger partial charge in [0.1, 0.15) is 0 Å². The van der Waals surface area contributed by atoms with Crippen molar-refractivity contribution in [1.82, 2.24) is 20.9 Å². The molecule has 0 aliphatic carbocycles. The van der Waals surface area contributed by atoms with Crippen molar-refractivity contribution in [3.05, 3.63) is 29.6 Å². The predicted molar refractivity (Wildman–Crippen MR) is 89.4 cm³/mol. The lowest BCUT2D eigenvalue weighted by molar-refractivity contribution is 0.0952. The van der Waals surface area contributed by atoms with Gasteiger partial charge in [-0.2, -0.15) is 0 Å². The molecule has 0 unspecified atom stereocenters. The van der Waals surface area contributed by atoms with Gasteiger partial charge in [-0.3, -0.25) is 9.78 Å². The number of unbranched alkanes of at least 4 members (excludes halogenated alkanes) is 3. The molecule has 0 saturated heterocycles. The molecule has 116 valence electrons. The fourth-order valence-electron chi connectivity index (χ4n) is 1.80. The zero-order chi connectivity index (χ0) is 15.5. The summed E-state index contributed by atoms with van der Waals surface area (Å²) in [5.74, 6) is -0.0523. The van der Waals surface area contributed by atoms with Crippen LogP contribution in [-0.2, 0) is 0 Å². The first kappa shape index (κ1) is 17.4. The van der Waals surface area contributed by atoms with E-state index in [9.17, 15) is 4.79 Å². The molecule has 0 atom stereocenters. The number of hydrogen-bond acceptors (Lipinski definition) is 3. The van der Waals surface area contributed by atoms with Crippen molar-refractivity contribution in [2.45, 2.75) is 32.6 Å². The smallest absolute Gasteiger partial charge is 0.252 e. The normalized spacial score (nSPS) is 10.0. The van der Waals surface area contributed by atoms with E-state index in [4.69, 9.17) is 12.2 Å². The summed E-state index contributed by atoms with van der Waals surface area (Å²) in [4.78, 5) is 15.9. The Morgan fingerprint density at radius 2 is 1.81 bits per heavy atom. The van der Waals surface area contributed by atoms with Gasteiger partial charge < -0.3 is 16.0 Å². The second-order valence-corrected chi connectivity index (χ2v) is 5.27. The molecule has 1 rings (SSSR count). The SMILES string of the molecule is CNC(=S)NCCCCCCNC(=O)c1ccc(C)nc1. The van der Waals surface area contributed by atoms with Crippen LogP contribution in [0, 0.1) is 6.92 Å². The number of nitrogens with one attached hydrogen (secondary N) is 3. The number of amides is 1. The summed E-state index contributed by atoms with van der Waals surface area (Å²) in [6, 6.07) is 3.64. The van der Waals surface area contributed by atoms with Gasteiger partial charge in [-0.15, -0.1) is 0 Å². The van der Waals surface area contributed by atoms with Crippen LogP contribution < -0.4 is 16.0 Å². The van der Waals surface area contributed by atoms with E-state index < -0.39 is 0 Å². The van der Waals surface area contributed by atoms with Crippen molar-refractivity contribution in [1.29, 1.82) is 0 Å². The van der Waals surface area contributed by atoms with Gasteiger partial charge in [-0.25, -0.2) is 0 Å². The first-order valence-electron chi connectivity index (χ1n) is 7.30. The van der Waals surface area contributed by atoms with Crippen LogP contribution in [0.4, 0.5) is 0 Å². The van der Waals surface area contributed by atoms with Crippen LogP contribution in [0.15, 0.2) is 18.3 Å². The van der Waals surface area contributed by atoms with Crippen LogP contribution in [0.3, 0.4) is 0 Å². The summed E-state index contributed by atoms with van der Waals surface area (Å²) in [5, 5.41) is 9.59. The molecule has 0 aliphatic heterocycles. The summed E-state index contributed by atoms with van der Waals surface area (Å²) in [6.45, 7) is 3.50. The van der Waals surface area contributed by atoms with Crippen LogP contribution in [0.25, 0.3) is 0 Å². The van der Waals surface area contributed by atoms with Gasteiger partial charge in [0.25, 0.3) is 5.91 Å². The van der Waals surface area contributed by atoms with Gasteiger partial charge >= 0.3 is 0 Å². The molecule has 0 aliphatic rings. The Hall–Kier alpha value is -1.69. The Morgan fingerprint density at radius 3 is 2.38 bits per heavy atom. The van der Waals surface area contributed by atoms with Gasteiger partial charge in [0, 0.05) is 32.0 Å². The Morgan fingerprint density at radius 1 is 1.14 bits per heavy atom. The summed E-state index contributed by atoms with van der Waals surface area (Å²) < 4.78 is 0. The number of rotatable bonds is 8. The minimum absolute atomic E-state index is 0.0523. The number of thiocarbonyl (C=S) groups is 1. The third kappa shape index (κ3) is 7.60. The van der Waals surface area contributed by atoms with Gasteiger partial charge in [-0.05, 0) is 44.1 Å². The number of carbonyl (C=O) groups is 1. The minimum Gasteiger partial charge on any atom is -0.366 e. The second kappa shape index (κ2) is 10.1. The molecule has 0 bridgehead atoms. The Labute approximate surface area is 131 Å². The summed E-state index contributed by atoms with van der Waals surface area (Å²) in [7, 11) is 1.81. The third-order valence-electron chi connectivity index (χ3n) is 3.08. The molecule has 1 aromatic rings. The maximum Gasteiger partial charge on any atom is 0.252 e. The average Bonchev–Trinajstić information content (AvgIpc) is 2.50. The van der Waals surface area contributed by atoms with Crippen molar-refractivity contribution in [2.75, 3.05) is 20.1 Å². The fourth-order valence-corrected chi connectivity index (χ4v) is 1.90. The summed E-state index contributed by atoms with van der Waals surface area (Å²) in [6.07, 6.45) is 5.90. The lowest BCUT2D eigenvalue weighted by atomic mass is 10.2. The highest BCUT2D eigenvalue weighted by Crippen LogP contribution is 2.01. The first-order chi connectivity index (χ1) is 10.1. The maximum absolute atomic E-state index is 11.8. The average molecular weight is 308 g/mol. The monoisotopic (exact) mass is 308 g/mol.